The van der Waals surface area contributed by atoms with E-state index in [0.717, 1.165) is 12.1 Å². The number of amides is 2. The summed E-state index contributed by atoms with van der Waals surface area (Å²) >= 11 is 0. The van der Waals surface area contributed by atoms with Crippen molar-refractivity contribution in [1.82, 2.24) is 20.2 Å². The summed E-state index contributed by atoms with van der Waals surface area (Å²) in [6.45, 7) is 2.64. The molecule has 1 saturated heterocycles. The van der Waals surface area contributed by atoms with Gasteiger partial charge in [0, 0.05) is 43.0 Å². The van der Waals surface area contributed by atoms with Crippen LogP contribution in [0.15, 0.2) is 43.0 Å². The monoisotopic (exact) mass is 312 g/mol. The topological polar surface area (TPSA) is 76.0 Å². The van der Waals surface area contributed by atoms with E-state index in [1.54, 1.807) is 12.5 Å². The zero-order valence-corrected chi connectivity index (χ0v) is 13.0. The molecule has 6 nitrogen and oxygen atoms in total. The quantitative estimate of drug-likeness (QED) is 0.894. The number of hydrogen-bond acceptors (Lipinski definition) is 3. The molecule has 1 aromatic carbocycles. The first kappa shape index (κ1) is 15.3. The summed E-state index contributed by atoms with van der Waals surface area (Å²) in [5.41, 5.74) is 1.74. The van der Waals surface area contributed by atoms with Crippen LogP contribution in [-0.2, 0) is 11.3 Å². The molecule has 0 radical (unpaired) electrons. The molecule has 0 spiro atoms. The first-order valence-electron chi connectivity index (χ1n) is 7.77. The van der Waals surface area contributed by atoms with Gasteiger partial charge in [0.25, 0.3) is 5.91 Å². The van der Waals surface area contributed by atoms with Gasteiger partial charge < -0.3 is 15.2 Å². The summed E-state index contributed by atoms with van der Waals surface area (Å²) < 4.78 is 1.97. The Hall–Kier alpha value is -2.63. The Morgan fingerprint density at radius 3 is 2.83 bits per heavy atom. The second kappa shape index (κ2) is 6.64. The second-order valence-corrected chi connectivity index (χ2v) is 5.91. The Morgan fingerprint density at radius 2 is 2.17 bits per heavy atom. The highest BCUT2D eigenvalue weighted by Crippen LogP contribution is 2.11. The number of imidazole rings is 1. The van der Waals surface area contributed by atoms with Gasteiger partial charge in [0.2, 0.25) is 5.91 Å². The van der Waals surface area contributed by atoms with Crippen LogP contribution in [0.25, 0.3) is 0 Å². The van der Waals surface area contributed by atoms with E-state index < -0.39 is 0 Å². The van der Waals surface area contributed by atoms with Crippen molar-refractivity contribution >= 4 is 11.8 Å². The van der Waals surface area contributed by atoms with Crippen LogP contribution in [0.2, 0.25) is 0 Å². The number of nitrogens with zero attached hydrogens (tertiary/aromatic N) is 2. The Bertz CT molecular complexity index is 679. The van der Waals surface area contributed by atoms with Gasteiger partial charge >= 0.3 is 0 Å². The van der Waals surface area contributed by atoms with Crippen LogP contribution in [0.4, 0.5) is 0 Å². The van der Waals surface area contributed by atoms with Gasteiger partial charge in [-0.15, -0.1) is 0 Å². The predicted octanol–water partition coefficient (Wildman–Crippen LogP) is 1.33. The van der Waals surface area contributed by atoms with Crippen LogP contribution in [0, 0.1) is 0 Å². The molecule has 120 valence electrons. The summed E-state index contributed by atoms with van der Waals surface area (Å²) in [5, 5.41) is 5.86. The van der Waals surface area contributed by atoms with Gasteiger partial charge in [0.1, 0.15) is 0 Å². The van der Waals surface area contributed by atoms with Crippen molar-refractivity contribution in [2.24, 2.45) is 0 Å². The highest BCUT2D eigenvalue weighted by Gasteiger charge is 2.26. The molecule has 2 aromatic rings. The van der Waals surface area contributed by atoms with Gasteiger partial charge in [-0.25, -0.2) is 4.98 Å². The minimum absolute atomic E-state index is 0.0224. The Kier molecular flexibility index (Phi) is 4.41. The van der Waals surface area contributed by atoms with E-state index in [-0.39, 0.29) is 23.9 Å². The van der Waals surface area contributed by atoms with Crippen LogP contribution in [0.5, 0.6) is 0 Å². The van der Waals surface area contributed by atoms with Crippen molar-refractivity contribution in [3.8, 4) is 0 Å². The van der Waals surface area contributed by atoms with Crippen molar-refractivity contribution in [1.29, 1.82) is 0 Å². The standard InChI is InChI=1S/C17H20N4O2/c1-12-15(6-7-16(22)19-12)20-17(23)14-4-2-13(3-5-14)10-21-9-8-18-11-21/h2-5,8-9,11-12,15H,6-7,10H2,1H3,(H,19,22)(H,20,23). The maximum atomic E-state index is 12.3. The highest BCUT2D eigenvalue weighted by atomic mass is 16.2. The maximum absolute atomic E-state index is 12.3. The van der Waals surface area contributed by atoms with Gasteiger partial charge in [-0.2, -0.15) is 0 Å². The molecule has 1 aromatic heterocycles. The van der Waals surface area contributed by atoms with Crippen LogP contribution >= 0.6 is 0 Å². The largest absolute Gasteiger partial charge is 0.352 e. The third-order valence-corrected chi connectivity index (χ3v) is 4.13. The zero-order chi connectivity index (χ0) is 16.2. The fourth-order valence-electron chi connectivity index (χ4n) is 2.76. The van der Waals surface area contributed by atoms with Crippen LogP contribution in [0.3, 0.4) is 0 Å². The van der Waals surface area contributed by atoms with Crippen molar-refractivity contribution in [2.75, 3.05) is 0 Å². The Morgan fingerprint density at radius 1 is 1.39 bits per heavy atom. The molecule has 0 bridgehead atoms. The lowest BCUT2D eigenvalue weighted by Crippen LogP contribution is -2.53. The minimum atomic E-state index is -0.104. The molecule has 2 unspecified atom stereocenters. The maximum Gasteiger partial charge on any atom is 0.251 e. The summed E-state index contributed by atoms with van der Waals surface area (Å²) in [5.74, 6) is -0.0565. The Balaban J connectivity index is 1.60. The highest BCUT2D eigenvalue weighted by molar-refractivity contribution is 5.94. The smallest absolute Gasteiger partial charge is 0.251 e. The van der Waals surface area contributed by atoms with Gasteiger partial charge in [-0.1, -0.05) is 12.1 Å². The molecule has 1 aliphatic heterocycles. The molecule has 23 heavy (non-hydrogen) atoms. The van der Waals surface area contributed by atoms with E-state index in [1.807, 2.05) is 42.0 Å². The minimum Gasteiger partial charge on any atom is -0.352 e. The molecule has 0 saturated carbocycles. The summed E-state index contributed by atoms with van der Waals surface area (Å²) in [4.78, 5) is 27.7. The molecule has 6 heteroatoms. The van der Waals surface area contributed by atoms with Crippen molar-refractivity contribution < 1.29 is 9.59 Å². The van der Waals surface area contributed by atoms with E-state index in [4.69, 9.17) is 0 Å². The van der Waals surface area contributed by atoms with E-state index in [9.17, 15) is 9.59 Å². The van der Waals surface area contributed by atoms with Crippen LogP contribution < -0.4 is 10.6 Å². The molecule has 2 N–H and O–H groups in total. The predicted molar refractivity (Wildman–Crippen MR) is 85.9 cm³/mol. The normalized spacial score (nSPS) is 20.8. The average molecular weight is 312 g/mol. The number of aromatic nitrogens is 2. The third-order valence-electron chi connectivity index (χ3n) is 4.13. The van der Waals surface area contributed by atoms with Crippen molar-refractivity contribution in [3.05, 3.63) is 54.1 Å². The summed E-state index contributed by atoms with van der Waals surface area (Å²) in [6, 6.07) is 7.48. The number of carbonyl (C=O) groups is 2. The van der Waals surface area contributed by atoms with Crippen LogP contribution in [0.1, 0.15) is 35.7 Å². The Labute approximate surface area is 134 Å². The number of nitrogens with one attached hydrogen (secondary N) is 2. The van der Waals surface area contributed by atoms with Crippen molar-refractivity contribution in [3.63, 3.8) is 0 Å². The molecule has 3 rings (SSSR count). The fourth-order valence-corrected chi connectivity index (χ4v) is 2.76. The van der Waals surface area contributed by atoms with Gasteiger partial charge in [-0.05, 0) is 31.0 Å². The molecule has 2 amide bonds. The second-order valence-electron chi connectivity index (χ2n) is 5.91. The molecule has 0 aliphatic carbocycles. The average Bonchev–Trinajstić information content (AvgIpc) is 3.04. The van der Waals surface area contributed by atoms with E-state index >= 15 is 0 Å². The molecular formula is C17H20N4O2. The fraction of sp³-hybridized carbons (Fsp3) is 0.353. The lowest BCUT2D eigenvalue weighted by molar-refractivity contribution is -0.123. The number of rotatable bonds is 4. The van der Waals surface area contributed by atoms with E-state index in [0.29, 0.717) is 18.4 Å². The first-order chi connectivity index (χ1) is 11.1. The lowest BCUT2D eigenvalue weighted by Gasteiger charge is -2.30. The third kappa shape index (κ3) is 3.77. The molecule has 1 aliphatic rings. The molecule has 2 atom stereocenters. The number of piperidine rings is 1. The van der Waals surface area contributed by atoms with E-state index in [1.165, 1.54) is 0 Å². The van der Waals surface area contributed by atoms with Crippen LogP contribution in [-0.4, -0.2) is 33.4 Å². The molecule has 2 heterocycles. The number of carbonyl (C=O) groups excluding carboxylic acids is 2. The van der Waals surface area contributed by atoms with Gasteiger partial charge in [0.15, 0.2) is 0 Å². The number of hydrogen-bond donors (Lipinski definition) is 2. The molecule has 1 fully saturated rings. The van der Waals surface area contributed by atoms with Gasteiger partial charge in [0.05, 0.1) is 6.33 Å². The van der Waals surface area contributed by atoms with Crippen molar-refractivity contribution in [2.45, 2.75) is 38.4 Å². The SMILES string of the molecule is CC1NC(=O)CCC1NC(=O)c1ccc(Cn2ccnc2)cc1. The lowest BCUT2D eigenvalue weighted by atomic mass is 9.99. The zero-order valence-electron chi connectivity index (χ0n) is 13.0. The first-order valence-corrected chi connectivity index (χ1v) is 7.77. The summed E-state index contributed by atoms with van der Waals surface area (Å²) in [7, 11) is 0. The number of benzene rings is 1. The molecular weight excluding hydrogens is 292 g/mol. The van der Waals surface area contributed by atoms with Gasteiger partial charge in [-0.3, -0.25) is 9.59 Å². The van der Waals surface area contributed by atoms with E-state index in [2.05, 4.69) is 15.6 Å². The summed E-state index contributed by atoms with van der Waals surface area (Å²) in [6.07, 6.45) is 6.54.